The number of aromatic carboxylic acids is 1. The van der Waals surface area contributed by atoms with Gasteiger partial charge in [-0.25, -0.2) is 13.6 Å². The highest BCUT2D eigenvalue weighted by Gasteiger charge is 2.12. The maximum absolute atomic E-state index is 13.6. The van der Waals surface area contributed by atoms with Crippen molar-refractivity contribution in [1.82, 2.24) is 5.32 Å². The van der Waals surface area contributed by atoms with E-state index in [2.05, 4.69) is 5.32 Å². The standard InChI is InChI=1S/C14H13F2NO2S/c1-8(12-3-2-10(15)5-13(12)16)17-6-11-4-9(7-20-11)14(18)19/h2-5,7-8,17H,6H2,1H3,(H,18,19). The van der Waals surface area contributed by atoms with Crippen LogP contribution in [0.15, 0.2) is 29.6 Å². The van der Waals surface area contributed by atoms with Crippen LogP contribution >= 0.6 is 11.3 Å². The fourth-order valence-electron chi connectivity index (χ4n) is 1.80. The van der Waals surface area contributed by atoms with Crippen molar-refractivity contribution >= 4 is 17.3 Å². The van der Waals surface area contributed by atoms with Crippen LogP contribution in [0.3, 0.4) is 0 Å². The van der Waals surface area contributed by atoms with E-state index in [-0.39, 0.29) is 11.6 Å². The Morgan fingerprint density at radius 2 is 2.15 bits per heavy atom. The molecular weight excluding hydrogens is 284 g/mol. The minimum Gasteiger partial charge on any atom is -0.478 e. The lowest BCUT2D eigenvalue weighted by Crippen LogP contribution is -2.18. The van der Waals surface area contributed by atoms with E-state index in [4.69, 9.17) is 5.11 Å². The van der Waals surface area contributed by atoms with Crippen LogP contribution in [0.4, 0.5) is 8.78 Å². The van der Waals surface area contributed by atoms with Crippen molar-refractivity contribution in [3.63, 3.8) is 0 Å². The number of hydrogen-bond donors (Lipinski definition) is 2. The molecule has 0 radical (unpaired) electrons. The maximum atomic E-state index is 13.6. The van der Waals surface area contributed by atoms with Crippen molar-refractivity contribution in [1.29, 1.82) is 0 Å². The molecule has 0 amide bonds. The summed E-state index contributed by atoms with van der Waals surface area (Å²) < 4.78 is 26.4. The molecule has 6 heteroatoms. The van der Waals surface area contributed by atoms with E-state index in [9.17, 15) is 13.6 Å². The highest BCUT2D eigenvalue weighted by molar-refractivity contribution is 7.10. The normalized spacial score (nSPS) is 12.3. The third-order valence-corrected chi connectivity index (χ3v) is 3.85. The molecule has 1 unspecified atom stereocenters. The highest BCUT2D eigenvalue weighted by Crippen LogP contribution is 2.20. The molecule has 0 aliphatic rings. The first kappa shape index (κ1) is 14.6. The lowest BCUT2D eigenvalue weighted by molar-refractivity contribution is 0.0697. The van der Waals surface area contributed by atoms with Crippen molar-refractivity contribution in [2.75, 3.05) is 0 Å². The van der Waals surface area contributed by atoms with Crippen LogP contribution in [0.5, 0.6) is 0 Å². The summed E-state index contributed by atoms with van der Waals surface area (Å²) in [6.07, 6.45) is 0. The molecule has 2 aromatic rings. The molecule has 2 N–H and O–H groups in total. The molecular formula is C14H13F2NO2S. The first-order valence-electron chi connectivity index (χ1n) is 5.96. The van der Waals surface area contributed by atoms with Crippen molar-refractivity contribution in [2.45, 2.75) is 19.5 Å². The minimum absolute atomic E-state index is 0.243. The summed E-state index contributed by atoms with van der Waals surface area (Å²) >= 11 is 1.32. The Hall–Kier alpha value is -1.79. The Balaban J connectivity index is 2.00. The Labute approximate surface area is 118 Å². The van der Waals surface area contributed by atoms with Crippen molar-refractivity contribution in [3.8, 4) is 0 Å². The number of benzene rings is 1. The summed E-state index contributed by atoms with van der Waals surface area (Å²) in [5.74, 6) is -2.17. The van der Waals surface area contributed by atoms with Crippen LogP contribution in [0.25, 0.3) is 0 Å². The summed E-state index contributed by atoms with van der Waals surface area (Å²) in [7, 11) is 0. The number of rotatable bonds is 5. The summed E-state index contributed by atoms with van der Waals surface area (Å²) in [5.41, 5.74) is 0.619. The smallest absolute Gasteiger partial charge is 0.336 e. The zero-order valence-electron chi connectivity index (χ0n) is 10.7. The summed E-state index contributed by atoms with van der Waals surface area (Å²) in [6, 6.07) is 4.74. The highest BCUT2D eigenvalue weighted by atomic mass is 32.1. The van der Waals surface area contributed by atoms with E-state index in [1.807, 2.05) is 0 Å². The van der Waals surface area contributed by atoms with Gasteiger partial charge in [0.1, 0.15) is 11.6 Å². The van der Waals surface area contributed by atoms with Gasteiger partial charge in [-0.05, 0) is 19.1 Å². The van der Waals surface area contributed by atoms with E-state index >= 15 is 0 Å². The molecule has 0 fully saturated rings. The fourth-order valence-corrected chi connectivity index (χ4v) is 2.61. The SMILES string of the molecule is CC(NCc1cc(C(=O)O)cs1)c1ccc(F)cc1F. The molecule has 0 saturated heterocycles. The summed E-state index contributed by atoms with van der Waals surface area (Å²) in [6.45, 7) is 2.19. The molecule has 1 atom stereocenters. The largest absolute Gasteiger partial charge is 0.478 e. The van der Waals surface area contributed by atoms with Crippen LogP contribution in [0.1, 0.15) is 33.8 Å². The van der Waals surface area contributed by atoms with Gasteiger partial charge in [0.2, 0.25) is 0 Å². The third-order valence-electron chi connectivity index (χ3n) is 2.91. The molecule has 1 aromatic heterocycles. The topological polar surface area (TPSA) is 49.3 Å². The van der Waals surface area contributed by atoms with Gasteiger partial charge in [-0.3, -0.25) is 0 Å². The van der Waals surface area contributed by atoms with E-state index in [1.165, 1.54) is 23.5 Å². The zero-order chi connectivity index (χ0) is 14.7. The predicted molar refractivity (Wildman–Crippen MR) is 72.9 cm³/mol. The van der Waals surface area contributed by atoms with Gasteiger partial charge in [-0.1, -0.05) is 6.07 Å². The number of nitrogens with one attached hydrogen (secondary N) is 1. The van der Waals surface area contributed by atoms with E-state index < -0.39 is 17.6 Å². The monoisotopic (exact) mass is 297 g/mol. The number of carbonyl (C=O) groups is 1. The van der Waals surface area contributed by atoms with Gasteiger partial charge < -0.3 is 10.4 Å². The minimum atomic E-state index is -0.967. The molecule has 0 bridgehead atoms. The van der Waals surface area contributed by atoms with Gasteiger partial charge in [0, 0.05) is 34.5 Å². The maximum Gasteiger partial charge on any atom is 0.336 e. The molecule has 0 aliphatic carbocycles. The van der Waals surface area contributed by atoms with Crippen LogP contribution < -0.4 is 5.32 Å². The molecule has 1 aromatic carbocycles. The second-order valence-electron chi connectivity index (χ2n) is 4.38. The number of halogens is 2. The van der Waals surface area contributed by atoms with Gasteiger partial charge in [-0.2, -0.15) is 0 Å². The average molecular weight is 297 g/mol. The molecule has 106 valence electrons. The summed E-state index contributed by atoms with van der Waals surface area (Å²) in [5, 5.41) is 13.5. The quantitative estimate of drug-likeness (QED) is 0.887. The van der Waals surface area contributed by atoms with Crippen LogP contribution in [0.2, 0.25) is 0 Å². The average Bonchev–Trinajstić information content (AvgIpc) is 2.85. The number of carboxylic acids is 1. The number of thiophene rings is 1. The second-order valence-corrected chi connectivity index (χ2v) is 5.37. The van der Waals surface area contributed by atoms with Crippen molar-refractivity contribution in [2.24, 2.45) is 0 Å². The number of carboxylic acid groups (broad SMARTS) is 1. The first-order valence-corrected chi connectivity index (χ1v) is 6.84. The molecule has 3 nitrogen and oxygen atoms in total. The van der Waals surface area contributed by atoms with Gasteiger partial charge in [0.25, 0.3) is 0 Å². The Morgan fingerprint density at radius 3 is 2.75 bits per heavy atom. The van der Waals surface area contributed by atoms with Gasteiger partial charge >= 0.3 is 5.97 Å². The van der Waals surface area contributed by atoms with Crippen molar-refractivity contribution < 1.29 is 18.7 Å². The van der Waals surface area contributed by atoms with Crippen LogP contribution in [-0.2, 0) is 6.54 Å². The van der Waals surface area contributed by atoms with Gasteiger partial charge in [-0.15, -0.1) is 11.3 Å². The fraction of sp³-hybridized carbons (Fsp3) is 0.214. The van der Waals surface area contributed by atoms with E-state index in [0.717, 1.165) is 10.9 Å². The lowest BCUT2D eigenvalue weighted by Gasteiger charge is -2.14. The van der Waals surface area contributed by atoms with E-state index in [0.29, 0.717) is 12.1 Å². The lowest BCUT2D eigenvalue weighted by atomic mass is 10.1. The molecule has 0 aliphatic heterocycles. The van der Waals surface area contributed by atoms with Crippen LogP contribution in [0, 0.1) is 11.6 Å². The van der Waals surface area contributed by atoms with Crippen molar-refractivity contribution in [3.05, 3.63) is 57.3 Å². The molecule has 20 heavy (non-hydrogen) atoms. The van der Waals surface area contributed by atoms with E-state index in [1.54, 1.807) is 18.4 Å². The number of hydrogen-bond acceptors (Lipinski definition) is 3. The van der Waals surface area contributed by atoms with Crippen LogP contribution in [-0.4, -0.2) is 11.1 Å². The first-order chi connectivity index (χ1) is 9.47. The molecule has 2 rings (SSSR count). The van der Waals surface area contributed by atoms with Gasteiger partial charge in [0.15, 0.2) is 0 Å². The Bertz CT molecular complexity index is 627. The third kappa shape index (κ3) is 3.40. The molecule has 1 heterocycles. The molecule has 0 spiro atoms. The zero-order valence-corrected chi connectivity index (χ0v) is 11.5. The second kappa shape index (κ2) is 6.11. The van der Waals surface area contributed by atoms with Gasteiger partial charge in [0.05, 0.1) is 5.56 Å². The predicted octanol–water partition coefficient (Wildman–Crippen LogP) is 3.58. The Kier molecular flexibility index (Phi) is 4.46. The Morgan fingerprint density at radius 1 is 1.40 bits per heavy atom. The molecule has 0 saturated carbocycles. The summed E-state index contributed by atoms with van der Waals surface area (Å²) in [4.78, 5) is 11.6.